The van der Waals surface area contributed by atoms with E-state index in [0.29, 0.717) is 5.92 Å². The fraction of sp³-hybridized carbons (Fsp3) is 0.500. The van der Waals surface area contributed by atoms with Crippen LogP contribution in [0.15, 0.2) is 30.3 Å². The van der Waals surface area contributed by atoms with E-state index in [9.17, 15) is 9.59 Å². The van der Waals surface area contributed by atoms with Gasteiger partial charge in [0.15, 0.2) is 0 Å². The zero-order valence-corrected chi connectivity index (χ0v) is 12.2. The van der Waals surface area contributed by atoms with Crippen LogP contribution in [0.4, 0.5) is 4.79 Å². The molecule has 0 bridgehead atoms. The van der Waals surface area contributed by atoms with Gasteiger partial charge in [-0.2, -0.15) is 0 Å². The minimum Gasteiger partial charge on any atom is -0.480 e. The minimum atomic E-state index is -1.01. The molecule has 114 valence electrons. The van der Waals surface area contributed by atoms with Gasteiger partial charge in [0, 0.05) is 6.04 Å². The smallest absolute Gasteiger partial charge is 0.410 e. The number of ether oxygens (including phenoxy) is 1. The van der Waals surface area contributed by atoms with Crippen LogP contribution in [0, 0.1) is 5.92 Å². The number of hydrogen-bond acceptors (Lipinski definition) is 3. The fourth-order valence-electron chi connectivity index (χ4n) is 2.75. The molecule has 1 aromatic rings. The van der Waals surface area contributed by atoms with Gasteiger partial charge < -0.3 is 9.84 Å². The highest BCUT2D eigenvalue weighted by Crippen LogP contribution is 2.29. The lowest BCUT2D eigenvalue weighted by molar-refractivity contribution is -0.138. The Balaban J connectivity index is 1.95. The maximum Gasteiger partial charge on any atom is 0.410 e. The number of carboxylic acid groups (broad SMARTS) is 1. The van der Waals surface area contributed by atoms with Crippen LogP contribution in [0.3, 0.4) is 0 Å². The predicted octanol–water partition coefficient (Wildman–Crippen LogP) is 2.90. The molecule has 2 atom stereocenters. The SMILES string of the molecule is CC1CCC(N(CC(=O)O)C(=O)OCc2ccccc2)C1. The molecular formula is C16H21NO4. The Morgan fingerprint density at radius 1 is 1.29 bits per heavy atom. The first-order valence-electron chi connectivity index (χ1n) is 7.25. The van der Waals surface area contributed by atoms with Gasteiger partial charge in [0.1, 0.15) is 13.2 Å². The molecule has 21 heavy (non-hydrogen) atoms. The first-order chi connectivity index (χ1) is 10.1. The van der Waals surface area contributed by atoms with E-state index in [-0.39, 0.29) is 19.2 Å². The maximum atomic E-state index is 12.2. The monoisotopic (exact) mass is 291 g/mol. The van der Waals surface area contributed by atoms with E-state index in [4.69, 9.17) is 9.84 Å². The molecule has 0 heterocycles. The van der Waals surface area contributed by atoms with Crippen LogP contribution >= 0.6 is 0 Å². The van der Waals surface area contributed by atoms with E-state index in [1.54, 1.807) is 0 Å². The number of aliphatic carboxylic acids is 1. The van der Waals surface area contributed by atoms with Gasteiger partial charge >= 0.3 is 12.1 Å². The molecule has 0 spiro atoms. The lowest BCUT2D eigenvalue weighted by Crippen LogP contribution is -2.42. The molecule has 0 aliphatic heterocycles. The average Bonchev–Trinajstić information content (AvgIpc) is 2.89. The van der Waals surface area contributed by atoms with Crippen molar-refractivity contribution in [3.63, 3.8) is 0 Å². The molecule has 1 saturated carbocycles. The summed E-state index contributed by atoms with van der Waals surface area (Å²) in [4.78, 5) is 24.5. The van der Waals surface area contributed by atoms with Crippen molar-refractivity contribution in [2.75, 3.05) is 6.54 Å². The van der Waals surface area contributed by atoms with Crippen molar-refractivity contribution in [1.29, 1.82) is 0 Å². The van der Waals surface area contributed by atoms with E-state index >= 15 is 0 Å². The second kappa shape index (κ2) is 7.11. The summed E-state index contributed by atoms with van der Waals surface area (Å²) >= 11 is 0. The van der Waals surface area contributed by atoms with Crippen LogP contribution in [0.25, 0.3) is 0 Å². The highest BCUT2D eigenvalue weighted by Gasteiger charge is 2.32. The van der Waals surface area contributed by atoms with Gasteiger partial charge in [-0.05, 0) is 30.7 Å². The van der Waals surface area contributed by atoms with Gasteiger partial charge in [-0.15, -0.1) is 0 Å². The second-order valence-electron chi connectivity index (χ2n) is 5.63. The fourth-order valence-corrected chi connectivity index (χ4v) is 2.75. The van der Waals surface area contributed by atoms with Crippen molar-refractivity contribution < 1.29 is 19.4 Å². The molecule has 2 rings (SSSR count). The van der Waals surface area contributed by atoms with Crippen molar-refractivity contribution in [2.45, 2.75) is 38.8 Å². The third-order valence-electron chi connectivity index (χ3n) is 3.85. The van der Waals surface area contributed by atoms with Gasteiger partial charge in [-0.25, -0.2) is 4.79 Å². The molecular weight excluding hydrogens is 270 g/mol. The van der Waals surface area contributed by atoms with E-state index in [1.165, 1.54) is 4.90 Å². The van der Waals surface area contributed by atoms with Crippen LogP contribution in [-0.2, 0) is 16.1 Å². The number of carbonyl (C=O) groups excluding carboxylic acids is 1. The largest absolute Gasteiger partial charge is 0.480 e. The van der Waals surface area contributed by atoms with Gasteiger partial charge in [-0.3, -0.25) is 9.69 Å². The van der Waals surface area contributed by atoms with Crippen molar-refractivity contribution >= 4 is 12.1 Å². The summed E-state index contributed by atoms with van der Waals surface area (Å²) < 4.78 is 5.26. The highest BCUT2D eigenvalue weighted by atomic mass is 16.6. The molecule has 1 amide bonds. The molecule has 5 nitrogen and oxygen atoms in total. The molecule has 1 fully saturated rings. The number of hydrogen-bond donors (Lipinski definition) is 1. The van der Waals surface area contributed by atoms with Crippen molar-refractivity contribution in [3.8, 4) is 0 Å². The highest BCUT2D eigenvalue weighted by molar-refractivity contribution is 5.77. The lowest BCUT2D eigenvalue weighted by Gasteiger charge is -2.26. The Labute approximate surface area is 124 Å². The molecule has 2 unspecified atom stereocenters. The van der Waals surface area contributed by atoms with Crippen LogP contribution < -0.4 is 0 Å². The van der Waals surface area contributed by atoms with Gasteiger partial charge in [0.25, 0.3) is 0 Å². The molecule has 0 saturated heterocycles. The van der Waals surface area contributed by atoms with Crippen molar-refractivity contribution in [1.82, 2.24) is 4.90 Å². The maximum absolute atomic E-state index is 12.2. The van der Waals surface area contributed by atoms with Crippen LogP contribution in [0.5, 0.6) is 0 Å². The summed E-state index contributed by atoms with van der Waals surface area (Å²) in [5.41, 5.74) is 0.890. The molecule has 1 aromatic carbocycles. The predicted molar refractivity (Wildman–Crippen MR) is 77.8 cm³/mol. The first kappa shape index (κ1) is 15.4. The van der Waals surface area contributed by atoms with Crippen LogP contribution in [0.2, 0.25) is 0 Å². The van der Waals surface area contributed by atoms with Gasteiger partial charge in [-0.1, -0.05) is 37.3 Å². The molecule has 0 aromatic heterocycles. The third kappa shape index (κ3) is 4.48. The topological polar surface area (TPSA) is 66.8 Å². The summed E-state index contributed by atoms with van der Waals surface area (Å²) in [5.74, 6) is -0.487. The Morgan fingerprint density at radius 3 is 2.57 bits per heavy atom. The number of benzene rings is 1. The lowest BCUT2D eigenvalue weighted by atomic mass is 10.1. The Morgan fingerprint density at radius 2 is 2.00 bits per heavy atom. The summed E-state index contributed by atoms with van der Waals surface area (Å²) in [6.45, 7) is 1.98. The van der Waals surface area contributed by atoms with Crippen molar-refractivity contribution in [2.24, 2.45) is 5.92 Å². The second-order valence-corrected chi connectivity index (χ2v) is 5.63. The standard InChI is InChI=1S/C16H21NO4/c1-12-7-8-14(9-12)17(10-15(18)19)16(20)21-11-13-5-3-2-4-6-13/h2-6,12,14H,7-11H2,1H3,(H,18,19). The zero-order chi connectivity index (χ0) is 15.2. The number of amides is 1. The van der Waals surface area contributed by atoms with Gasteiger partial charge in [0.05, 0.1) is 0 Å². The van der Waals surface area contributed by atoms with E-state index in [0.717, 1.165) is 24.8 Å². The Hall–Kier alpha value is -2.04. The number of nitrogens with zero attached hydrogens (tertiary/aromatic N) is 1. The van der Waals surface area contributed by atoms with Gasteiger partial charge in [0.2, 0.25) is 0 Å². The Bertz CT molecular complexity index is 488. The molecule has 1 aliphatic rings. The molecule has 1 aliphatic carbocycles. The zero-order valence-electron chi connectivity index (χ0n) is 12.2. The summed E-state index contributed by atoms with van der Waals surface area (Å²) in [5, 5.41) is 8.99. The van der Waals surface area contributed by atoms with E-state index in [1.807, 2.05) is 30.3 Å². The quantitative estimate of drug-likeness (QED) is 0.905. The number of carboxylic acids is 1. The molecule has 5 heteroatoms. The number of carbonyl (C=O) groups is 2. The molecule has 0 radical (unpaired) electrons. The third-order valence-corrected chi connectivity index (χ3v) is 3.85. The van der Waals surface area contributed by atoms with E-state index < -0.39 is 12.1 Å². The summed E-state index contributed by atoms with van der Waals surface area (Å²) in [7, 11) is 0. The minimum absolute atomic E-state index is 0.0284. The number of rotatable bonds is 5. The molecule has 1 N–H and O–H groups in total. The summed E-state index contributed by atoms with van der Waals surface area (Å²) in [6.07, 6.45) is 2.16. The van der Waals surface area contributed by atoms with Crippen molar-refractivity contribution in [3.05, 3.63) is 35.9 Å². The Kier molecular flexibility index (Phi) is 5.20. The van der Waals surface area contributed by atoms with Crippen LogP contribution in [0.1, 0.15) is 31.7 Å². The average molecular weight is 291 g/mol. The van der Waals surface area contributed by atoms with E-state index in [2.05, 4.69) is 6.92 Å². The first-order valence-corrected chi connectivity index (χ1v) is 7.25. The summed E-state index contributed by atoms with van der Waals surface area (Å²) in [6, 6.07) is 9.34. The van der Waals surface area contributed by atoms with Crippen LogP contribution in [-0.4, -0.2) is 34.7 Å². The normalized spacial score (nSPS) is 21.0.